The molecule has 2 aliphatic rings. The zero-order chi connectivity index (χ0) is 19.6. The number of carbonyl (C=O) groups is 4. The molecule has 142 valence electrons. The number of carboxylic acid groups (broad SMARTS) is 1. The number of anilines is 1. The average molecular weight is 371 g/mol. The third-order valence-electron chi connectivity index (χ3n) is 5.10. The fourth-order valence-electron chi connectivity index (χ4n) is 3.74. The molecule has 0 aliphatic heterocycles. The maximum Gasteiger partial charge on any atom is 0.307 e. The highest BCUT2D eigenvalue weighted by Gasteiger charge is 2.51. The van der Waals surface area contributed by atoms with Gasteiger partial charge >= 0.3 is 5.97 Å². The Hall–Kier alpha value is -3.16. The lowest BCUT2D eigenvalue weighted by Crippen LogP contribution is -2.48. The molecule has 3 amide bonds. The lowest BCUT2D eigenvalue weighted by atomic mass is 9.82. The van der Waals surface area contributed by atoms with Crippen molar-refractivity contribution in [2.75, 3.05) is 5.32 Å². The molecule has 0 saturated heterocycles. The normalized spacial score (nSPS) is 25.1. The summed E-state index contributed by atoms with van der Waals surface area (Å²) in [5.41, 5.74) is 5.53. The molecule has 8 nitrogen and oxygen atoms in total. The number of benzene rings is 1. The number of carbonyl (C=O) groups excluding carboxylic acids is 3. The Balaban J connectivity index is 1.57. The number of fused-ring (bicyclic) bond motifs is 2. The van der Waals surface area contributed by atoms with Gasteiger partial charge in [0.05, 0.1) is 11.8 Å². The van der Waals surface area contributed by atoms with E-state index < -0.39 is 29.6 Å². The van der Waals surface area contributed by atoms with Gasteiger partial charge in [0.25, 0.3) is 5.91 Å². The first-order valence-corrected chi connectivity index (χ1v) is 8.82. The topological polar surface area (TPSA) is 125 Å². The number of hydrogen-bond donors (Lipinski definition) is 4. The average Bonchev–Trinajstić information content (AvgIpc) is 3.27. The Kier molecular flexibility index (Phi) is 5.25. The molecule has 0 radical (unpaired) electrons. The van der Waals surface area contributed by atoms with E-state index in [4.69, 9.17) is 0 Å². The predicted molar refractivity (Wildman–Crippen MR) is 96.3 cm³/mol. The fraction of sp³-hybridized carbons (Fsp3) is 0.368. The third kappa shape index (κ3) is 3.84. The Morgan fingerprint density at radius 3 is 2.22 bits per heavy atom. The monoisotopic (exact) mass is 371 g/mol. The van der Waals surface area contributed by atoms with E-state index >= 15 is 0 Å². The maximum atomic E-state index is 12.4. The van der Waals surface area contributed by atoms with Crippen LogP contribution in [0, 0.1) is 23.7 Å². The first-order chi connectivity index (χ1) is 12.9. The molecule has 1 fully saturated rings. The Morgan fingerprint density at radius 1 is 1.00 bits per heavy atom. The minimum absolute atomic E-state index is 0.116. The van der Waals surface area contributed by atoms with Crippen LogP contribution in [-0.4, -0.2) is 28.8 Å². The van der Waals surface area contributed by atoms with Gasteiger partial charge in [-0.25, -0.2) is 0 Å². The Bertz CT molecular complexity index is 802. The van der Waals surface area contributed by atoms with Gasteiger partial charge in [0.2, 0.25) is 11.8 Å². The van der Waals surface area contributed by atoms with Crippen molar-refractivity contribution in [3.63, 3.8) is 0 Å². The number of allylic oxidation sites excluding steroid dienone is 2. The summed E-state index contributed by atoms with van der Waals surface area (Å²) in [6, 6.07) is 6.22. The van der Waals surface area contributed by atoms with E-state index in [1.54, 1.807) is 19.1 Å². The maximum absolute atomic E-state index is 12.4. The van der Waals surface area contributed by atoms with Gasteiger partial charge in [-0.1, -0.05) is 19.1 Å². The third-order valence-corrected chi connectivity index (χ3v) is 5.10. The molecular formula is C19H21N3O5. The molecule has 27 heavy (non-hydrogen) atoms. The quantitative estimate of drug-likeness (QED) is 0.459. The minimum Gasteiger partial charge on any atom is -0.481 e. The van der Waals surface area contributed by atoms with E-state index in [1.165, 1.54) is 12.1 Å². The molecule has 4 N–H and O–H groups in total. The summed E-state index contributed by atoms with van der Waals surface area (Å²) in [4.78, 5) is 47.4. The summed E-state index contributed by atoms with van der Waals surface area (Å²) in [5, 5.41) is 12.1. The van der Waals surface area contributed by atoms with Crippen LogP contribution in [0.3, 0.4) is 0 Å². The van der Waals surface area contributed by atoms with Crippen molar-refractivity contribution in [2.24, 2.45) is 23.7 Å². The summed E-state index contributed by atoms with van der Waals surface area (Å²) in [6.07, 6.45) is 4.72. The molecule has 2 bridgehead atoms. The van der Waals surface area contributed by atoms with Crippen LogP contribution in [0.2, 0.25) is 0 Å². The zero-order valence-corrected chi connectivity index (χ0v) is 14.8. The van der Waals surface area contributed by atoms with Gasteiger partial charge in [0.1, 0.15) is 0 Å². The lowest BCUT2D eigenvalue weighted by molar-refractivity contribution is -0.148. The number of rotatable bonds is 5. The molecule has 1 saturated carbocycles. The van der Waals surface area contributed by atoms with Gasteiger partial charge in [-0.2, -0.15) is 0 Å². The smallest absolute Gasteiger partial charge is 0.307 e. The van der Waals surface area contributed by atoms with Crippen LogP contribution in [0.25, 0.3) is 0 Å². The summed E-state index contributed by atoms with van der Waals surface area (Å²) in [6.45, 7) is 1.74. The number of carboxylic acids is 1. The van der Waals surface area contributed by atoms with Crippen molar-refractivity contribution in [1.82, 2.24) is 10.9 Å². The number of hydrogen-bond acceptors (Lipinski definition) is 4. The highest BCUT2D eigenvalue weighted by atomic mass is 16.4. The van der Waals surface area contributed by atoms with Gasteiger partial charge in [-0.3, -0.25) is 30.0 Å². The highest BCUT2D eigenvalue weighted by Crippen LogP contribution is 2.48. The van der Waals surface area contributed by atoms with Crippen LogP contribution in [-0.2, 0) is 14.4 Å². The molecule has 2 aliphatic carbocycles. The minimum atomic E-state index is -0.997. The van der Waals surface area contributed by atoms with Gasteiger partial charge in [0.15, 0.2) is 0 Å². The van der Waals surface area contributed by atoms with Gasteiger partial charge in [-0.15, -0.1) is 0 Å². The van der Waals surface area contributed by atoms with Crippen molar-refractivity contribution in [2.45, 2.75) is 19.8 Å². The molecule has 4 atom stereocenters. The van der Waals surface area contributed by atoms with Crippen molar-refractivity contribution < 1.29 is 24.3 Å². The summed E-state index contributed by atoms with van der Waals surface area (Å²) >= 11 is 0. The van der Waals surface area contributed by atoms with Gasteiger partial charge < -0.3 is 10.4 Å². The fourth-order valence-corrected chi connectivity index (χ4v) is 3.74. The van der Waals surface area contributed by atoms with Crippen molar-refractivity contribution >= 4 is 29.4 Å². The largest absolute Gasteiger partial charge is 0.481 e. The van der Waals surface area contributed by atoms with Crippen LogP contribution in [0.4, 0.5) is 5.69 Å². The van der Waals surface area contributed by atoms with Crippen LogP contribution in [0.15, 0.2) is 36.4 Å². The second-order valence-electron chi connectivity index (χ2n) is 6.76. The van der Waals surface area contributed by atoms with Crippen LogP contribution in [0.1, 0.15) is 30.1 Å². The van der Waals surface area contributed by atoms with Crippen LogP contribution < -0.4 is 16.2 Å². The Labute approximate surface area is 156 Å². The van der Waals surface area contributed by atoms with Gasteiger partial charge in [0, 0.05) is 17.7 Å². The first kappa shape index (κ1) is 18.6. The van der Waals surface area contributed by atoms with E-state index in [9.17, 15) is 24.3 Å². The molecule has 1 aromatic carbocycles. The second kappa shape index (κ2) is 7.61. The van der Waals surface area contributed by atoms with Crippen LogP contribution >= 0.6 is 0 Å². The predicted octanol–water partition coefficient (Wildman–Crippen LogP) is 1.32. The molecule has 0 spiro atoms. The zero-order valence-electron chi connectivity index (χ0n) is 14.8. The van der Waals surface area contributed by atoms with Crippen molar-refractivity contribution in [1.29, 1.82) is 0 Å². The number of nitrogens with one attached hydrogen (secondary N) is 3. The molecule has 0 heterocycles. The lowest BCUT2D eigenvalue weighted by Gasteiger charge is -2.23. The summed E-state index contributed by atoms with van der Waals surface area (Å²) in [7, 11) is 0. The molecule has 0 unspecified atom stereocenters. The second-order valence-corrected chi connectivity index (χ2v) is 6.76. The number of amides is 3. The van der Waals surface area contributed by atoms with E-state index in [0.717, 1.165) is 0 Å². The summed E-state index contributed by atoms with van der Waals surface area (Å²) < 4.78 is 0. The summed E-state index contributed by atoms with van der Waals surface area (Å²) in [5.74, 6) is -3.86. The molecule has 3 rings (SSSR count). The van der Waals surface area contributed by atoms with E-state index in [1.807, 2.05) is 12.2 Å². The molecule has 1 aromatic rings. The van der Waals surface area contributed by atoms with Crippen molar-refractivity contribution in [3.8, 4) is 0 Å². The van der Waals surface area contributed by atoms with E-state index in [0.29, 0.717) is 24.1 Å². The molecule has 0 aromatic heterocycles. The van der Waals surface area contributed by atoms with Gasteiger partial charge in [-0.05, 0) is 42.5 Å². The van der Waals surface area contributed by atoms with Crippen LogP contribution in [0.5, 0.6) is 0 Å². The van der Waals surface area contributed by atoms with Crippen molar-refractivity contribution in [3.05, 3.63) is 42.0 Å². The standard InChI is InChI=1S/C19H21N3O5/c1-2-14(23)20-13-7-5-10(6-8-13)17(24)21-22-18(25)15-11-3-4-12(9-11)16(15)19(26)27/h3-8,11-12,15-16H,2,9H2,1H3,(H,20,23)(H,21,24)(H,22,25)(H,26,27)/t11-,12-,15-,16-/m0/s1. The number of hydrazine groups is 1. The van der Waals surface area contributed by atoms with E-state index in [2.05, 4.69) is 16.2 Å². The van der Waals surface area contributed by atoms with E-state index in [-0.39, 0.29) is 17.7 Å². The Morgan fingerprint density at radius 2 is 1.63 bits per heavy atom. The number of aliphatic carboxylic acids is 1. The first-order valence-electron chi connectivity index (χ1n) is 8.82. The molecule has 8 heteroatoms. The SMILES string of the molecule is CCC(=O)Nc1ccc(C(=O)NNC(=O)[C@@H]2[C@@H](C(=O)O)[C@H]3C=C[C@H]2C3)cc1. The highest BCUT2D eigenvalue weighted by molar-refractivity contribution is 5.97. The molecular weight excluding hydrogens is 350 g/mol.